The summed E-state index contributed by atoms with van der Waals surface area (Å²) in [6, 6.07) is 14.5. The molecule has 0 bridgehead atoms. The van der Waals surface area contributed by atoms with E-state index >= 15 is 0 Å². The fourth-order valence-corrected chi connectivity index (χ4v) is 3.79. The maximum atomic E-state index is 12.5. The molecule has 0 aromatic heterocycles. The average Bonchev–Trinajstić information content (AvgIpc) is 2.96. The van der Waals surface area contributed by atoms with E-state index in [1.165, 1.54) is 16.3 Å². The summed E-state index contributed by atoms with van der Waals surface area (Å²) in [6.45, 7) is 2.17. The minimum Gasteiger partial charge on any atom is -0.480 e. The quantitative estimate of drug-likeness (QED) is 0.877. The van der Waals surface area contributed by atoms with Crippen LogP contribution in [0.5, 0.6) is 0 Å². The minimum absolute atomic E-state index is 0.138. The van der Waals surface area contributed by atoms with Crippen molar-refractivity contribution in [2.75, 3.05) is 19.8 Å². The normalized spacial score (nSPS) is 20.1. The second kappa shape index (κ2) is 7.23. The molecule has 0 aliphatic carbocycles. The third-order valence-electron chi connectivity index (χ3n) is 4.95. The molecular weight excluding hydrogens is 318 g/mol. The van der Waals surface area contributed by atoms with Gasteiger partial charge in [0.1, 0.15) is 13.2 Å². The number of carbonyl (C=O) groups excluding carboxylic acids is 1. The molecule has 1 aliphatic rings. The first-order chi connectivity index (χ1) is 12.0. The van der Waals surface area contributed by atoms with Gasteiger partial charge in [0.15, 0.2) is 0 Å². The topological polar surface area (TPSA) is 66.8 Å². The lowest BCUT2D eigenvalue weighted by atomic mass is 9.88. The highest BCUT2D eigenvalue weighted by atomic mass is 16.5. The molecule has 1 fully saturated rings. The number of fused-ring (bicyclic) bond motifs is 1. The Bertz CT molecular complexity index is 783. The van der Waals surface area contributed by atoms with Gasteiger partial charge in [0.05, 0.1) is 0 Å². The Hall–Kier alpha value is -2.40. The van der Waals surface area contributed by atoms with Crippen molar-refractivity contribution in [3.8, 4) is 0 Å². The maximum Gasteiger partial charge on any atom is 0.329 e. The number of nitrogens with zero attached hydrogens (tertiary/aromatic N) is 1. The zero-order chi connectivity index (χ0) is 17.9. The van der Waals surface area contributed by atoms with E-state index in [1.54, 1.807) is 0 Å². The number of carbonyl (C=O) groups is 2. The van der Waals surface area contributed by atoms with E-state index in [4.69, 9.17) is 9.84 Å². The molecule has 2 aromatic rings. The maximum absolute atomic E-state index is 12.5. The predicted molar refractivity (Wildman–Crippen MR) is 95.5 cm³/mol. The number of benzene rings is 2. The predicted octanol–water partition coefficient (Wildman–Crippen LogP) is 2.86. The molecule has 0 spiro atoms. The molecule has 3 rings (SSSR count). The molecule has 1 unspecified atom stereocenters. The zero-order valence-electron chi connectivity index (χ0n) is 14.4. The molecule has 5 nitrogen and oxygen atoms in total. The molecule has 1 N–H and O–H groups in total. The van der Waals surface area contributed by atoms with Crippen molar-refractivity contribution in [2.45, 2.75) is 31.7 Å². The second-order valence-corrected chi connectivity index (χ2v) is 6.85. The van der Waals surface area contributed by atoms with Gasteiger partial charge >= 0.3 is 5.97 Å². The molecule has 132 valence electrons. The Morgan fingerprint density at radius 2 is 1.92 bits per heavy atom. The van der Waals surface area contributed by atoms with Crippen LogP contribution in [0.25, 0.3) is 10.8 Å². The molecule has 1 saturated heterocycles. The first kappa shape index (κ1) is 17.4. The van der Waals surface area contributed by atoms with E-state index < -0.39 is 12.6 Å². The van der Waals surface area contributed by atoms with Crippen molar-refractivity contribution in [3.63, 3.8) is 0 Å². The SMILES string of the molecule is CC1(Cc2cccc3ccccc23)CCCN1C(=O)COCC(=O)O. The summed E-state index contributed by atoms with van der Waals surface area (Å²) in [4.78, 5) is 24.9. The summed E-state index contributed by atoms with van der Waals surface area (Å²) in [7, 11) is 0. The molecule has 1 amide bonds. The number of hydrogen-bond acceptors (Lipinski definition) is 3. The van der Waals surface area contributed by atoms with Gasteiger partial charge in [-0.05, 0) is 42.5 Å². The van der Waals surface area contributed by atoms with Crippen LogP contribution < -0.4 is 0 Å². The van der Waals surface area contributed by atoms with Crippen molar-refractivity contribution in [3.05, 3.63) is 48.0 Å². The first-order valence-corrected chi connectivity index (χ1v) is 8.56. The Labute approximate surface area is 147 Å². The van der Waals surface area contributed by atoms with E-state index in [0.29, 0.717) is 6.54 Å². The lowest BCUT2D eigenvalue weighted by Gasteiger charge is -2.36. The summed E-state index contributed by atoms with van der Waals surface area (Å²) in [5.41, 5.74) is 0.958. The number of amides is 1. The van der Waals surface area contributed by atoms with Crippen LogP contribution in [-0.4, -0.2) is 47.2 Å². The van der Waals surface area contributed by atoms with Crippen LogP contribution in [0.3, 0.4) is 0 Å². The number of aliphatic carboxylic acids is 1. The van der Waals surface area contributed by atoms with Crippen LogP contribution in [-0.2, 0) is 20.7 Å². The van der Waals surface area contributed by atoms with Crippen molar-refractivity contribution >= 4 is 22.6 Å². The third kappa shape index (κ3) is 3.82. The average molecular weight is 341 g/mol. The Balaban J connectivity index is 1.77. The van der Waals surface area contributed by atoms with Crippen molar-refractivity contribution in [2.24, 2.45) is 0 Å². The second-order valence-electron chi connectivity index (χ2n) is 6.85. The Morgan fingerprint density at radius 1 is 1.16 bits per heavy atom. The molecule has 1 heterocycles. The van der Waals surface area contributed by atoms with Gasteiger partial charge in [0.25, 0.3) is 0 Å². The van der Waals surface area contributed by atoms with Crippen LogP contribution in [0.2, 0.25) is 0 Å². The first-order valence-electron chi connectivity index (χ1n) is 8.56. The fraction of sp³-hybridized carbons (Fsp3) is 0.400. The number of carboxylic acids is 1. The number of likely N-dealkylation sites (tertiary alicyclic amines) is 1. The molecule has 0 saturated carbocycles. The number of ether oxygens (including phenoxy) is 1. The van der Waals surface area contributed by atoms with Crippen molar-refractivity contribution in [1.29, 1.82) is 0 Å². The number of rotatable bonds is 6. The van der Waals surface area contributed by atoms with E-state index in [0.717, 1.165) is 19.3 Å². The van der Waals surface area contributed by atoms with Crippen LogP contribution in [0.1, 0.15) is 25.3 Å². The van der Waals surface area contributed by atoms with E-state index in [-0.39, 0.29) is 18.1 Å². The van der Waals surface area contributed by atoms with Gasteiger partial charge < -0.3 is 14.7 Å². The molecular formula is C20H23NO4. The van der Waals surface area contributed by atoms with E-state index in [9.17, 15) is 9.59 Å². The highest BCUT2D eigenvalue weighted by Crippen LogP contribution is 2.34. The van der Waals surface area contributed by atoms with Gasteiger partial charge in [-0.3, -0.25) is 4.79 Å². The van der Waals surface area contributed by atoms with Crippen molar-refractivity contribution in [1.82, 2.24) is 4.90 Å². The largest absolute Gasteiger partial charge is 0.480 e. The summed E-state index contributed by atoms with van der Waals surface area (Å²) >= 11 is 0. The highest BCUT2D eigenvalue weighted by molar-refractivity contribution is 5.86. The van der Waals surface area contributed by atoms with Gasteiger partial charge in [-0.2, -0.15) is 0 Å². The van der Waals surface area contributed by atoms with Crippen LogP contribution in [0, 0.1) is 0 Å². The van der Waals surface area contributed by atoms with E-state index in [1.807, 2.05) is 17.0 Å². The minimum atomic E-state index is -1.06. The molecule has 25 heavy (non-hydrogen) atoms. The monoisotopic (exact) mass is 341 g/mol. The smallest absolute Gasteiger partial charge is 0.329 e. The summed E-state index contributed by atoms with van der Waals surface area (Å²) in [6.07, 6.45) is 2.66. The molecule has 1 aliphatic heterocycles. The van der Waals surface area contributed by atoms with Crippen LogP contribution >= 0.6 is 0 Å². The molecule has 0 radical (unpaired) electrons. The molecule has 2 aromatic carbocycles. The fourth-order valence-electron chi connectivity index (χ4n) is 3.79. The number of carboxylic acid groups (broad SMARTS) is 1. The zero-order valence-corrected chi connectivity index (χ0v) is 14.4. The van der Waals surface area contributed by atoms with Crippen molar-refractivity contribution < 1.29 is 19.4 Å². The number of hydrogen-bond donors (Lipinski definition) is 1. The van der Waals surface area contributed by atoms with E-state index in [2.05, 4.69) is 37.3 Å². The Kier molecular flexibility index (Phi) is 5.04. The lowest BCUT2D eigenvalue weighted by Crippen LogP contribution is -2.48. The lowest BCUT2D eigenvalue weighted by molar-refractivity contribution is -0.147. The molecule has 5 heteroatoms. The summed E-state index contributed by atoms with van der Waals surface area (Å²) in [5, 5.41) is 11.1. The highest BCUT2D eigenvalue weighted by Gasteiger charge is 2.39. The van der Waals surface area contributed by atoms with Gasteiger partial charge in [0, 0.05) is 12.1 Å². The molecule has 1 atom stereocenters. The van der Waals surface area contributed by atoms with Crippen LogP contribution in [0.15, 0.2) is 42.5 Å². The van der Waals surface area contributed by atoms with Gasteiger partial charge in [-0.15, -0.1) is 0 Å². The van der Waals surface area contributed by atoms with Gasteiger partial charge in [0.2, 0.25) is 5.91 Å². The van der Waals surface area contributed by atoms with Gasteiger partial charge in [-0.25, -0.2) is 4.79 Å². The summed E-state index contributed by atoms with van der Waals surface area (Å²) < 4.78 is 4.99. The van der Waals surface area contributed by atoms with Crippen LogP contribution in [0.4, 0.5) is 0 Å². The Morgan fingerprint density at radius 3 is 2.72 bits per heavy atom. The third-order valence-corrected chi connectivity index (χ3v) is 4.95. The summed E-state index contributed by atoms with van der Waals surface area (Å²) in [5.74, 6) is -1.20. The van der Waals surface area contributed by atoms with Gasteiger partial charge in [-0.1, -0.05) is 42.5 Å². The standard InChI is InChI=1S/C20H23NO4/c1-20(10-5-11-21(20)18(22)13-25-14-19(23)24)12-16-8-4-7-15-6-2-3-9-17(15)16/h2-4,6-9H,5,10-14H2,1H3,(H,23,24).